The van der Waals surface area contributed by atoms with E-state index in [9.17, 15) is 4.79 Å². The number of esters is 1. The average molecular weight is 684 g/mol. The van der Waals surface area contributed by atoms with Crippen molar-refractivity contribution in [2.24, 2.45) is 0 Å². The van der Waals surface area contributed by atoms with E-state index in [4.69, 9.17) is 35.9 Å². The Morgan fingerprint density at radius 3 is 2.58 bits per heavy atom. The van der Waals surface area contributed by atoms with Crippen LogP contribution in [0.1, 0.15) is 49.1 Å². The molecule has 43 heavy (non-hydrogen) atoms. The second-order valence-corrected chi connectivity index (χ2v) is 12.6. The van der Waals surface area contributed by atoms with Gasteiger partial charge < -0.3 is 19.5 Å². The summed E-state index contributed by atoms with van der Waals surface area (Å²) in [7, 11) is 1.59. The number of carbonyl (C=O) groups is 1. The zero-order valence-electron chi connectivity index (χ0n) is 24.5. The lowest BCUT2D eigenvalue weighted by atomic mass is 9.95. The van der Waals surface area contributed by atoms with Gasteiger partial charge >= 0.3 is 5.97 Å². The highest BCUT2D eigenvalue weighted by Crippen LogP contribution is 2.43. The number of hydrogen-bond acceptors (Lipinski definition) is 8. The molecule has 3 aromatic carbocycles. The molecule has 8 nitrogen and oxygen atoms in total. The minimum absolute atomic E-state index is 0.300. The van der Waals surface area contributed by atoms with Crippen LogP contribution in [-0.4, -0.2) is 33.9 Å². The van der Waals surface area contributed by atoms with Gasteiger partial charge in [-0.05, 0) is 78.5 Å². The summed E-state index contributed by atoms with van der Waals surface area (Å²) >= 11 is 11.5. The molecule has 0 radical (unpaired) electrons. The lowest BCUT2D eigenvalue weighted by molar-refractivity contribution is -0.143. The van der Waals surface area contributed by atoms with Crippen LogP contribution in [0.15, 0.2) is 81.6 Å². The Labute approximate surface area is 268 Å². The zero-order chi connectivity index (χ0) is 30.7. The molecule has 0 saturated heterocycles. The minimum Gasteiger partial charge on any atom is -0.493 e. The van der Waals surface area contributed by atoms with Crippen LogP contribution in [0.2, 0.25) is 5.02 Å². The summed E-state index contributed by atoms with van der Waals surface area (Å²) in [5.41, 5.74) is 5.01. The van der Waals surface area contributed by atoms with Crippen molar-refractivity contribution >= 4 is 51.2 Å². The molecule has 1 aliphatic rings. The summed E-state index contributed by atoms with van der Waals surface area (Å²) in [6, 6.07) is 19.0. The van der Waals surface area contributed by atoms with Gasteiger partial charge in [0.05, 0.1) is 23.3 Å². The quantitative estimate of drug-likeness (QED) is 0.133. The molecule has 1 aromatic heterocycles. The van der Waals surface area contributed by atoms with Crippen LogP contribution in [0.5, 0.6) is 11.5 Å². The molecular formula is C32H32BrClN4O4S. The molecule has 1 atom stereocenters. The molecular weight excluding hydrogens is 652 g/mol. The highest BCUT2D eigenvalue weighted by atomic mass is 79.9. The van der Waals surface area contributed by atoms with Gasteiger partial charge in [0.2, 0.25) is 11.1 Å². The van der Waals surface area contributed by atoms with Crippen LogP contribution in [0.4, 0.5) is 5.95 Å². The third kappa shape index (κ3) is 7.03. The molecule has 5 rings (SSSR count). The second kappa shape index (κ2) is 13.4. The third-order valence-electron chi connectivity index (χ3n) is 6.78. The fourth-order valence-corrected chi connectivity index (χ4v) is 6.37. The van der Waals surface area contributed by atoms with E-state index in [2.05, 4.69) is 21.2 Å². The van der Waals surface area contributed by atoms with Gasteiger partial charge in [-0.2, -0.15) is 4.98 Å². The number of methoxy groups -OCH3 is 1. The van der Waals surface area contributed by atoms with Crippen LogP contribution in [0.3, 0.4) is 0 Å². The zero-order valence-corrected chi connectivity index (χ0v) is 27.6. The third-order valence-corrected chi connectivity index (χ3v) is 8.63. The van der Waals surface area contributed by atoms with E-state index in [1.54, 1.807) is 11.8 Å². The lowest BCUT2D eigenvalue weighted by Gasteiger charge is -2.29. The van der Waals surface area contributed by atoms with Gasteiger partial charge in [-0.1, -0.05) is 71.4 Å². The standard InChI is InChI=1S/C32H32BrClN4O4S/c1-18(2)42-30(39)27-20(4)35-31-36-32(43-17-22-8-6-7-9-25(22)34)37-38(31)28(27)23-14-24(33)29(26(15-23)40-5)41-16-21-12-10-19(3)11-13-21/h6-15,18,28H,16-17H2,1-5H3,(H,35,36,37). The van der Waals surface area contributed by atoms with Gasteiger partial charge in [-0.25, -0.2) is 9.48 Å². The predicted octanol–water partition coefficient (Wildman–Crippen LogP) is 8.12. The first kappa shape index (κ1) is 31.0. The normalized spacial score (nSPS) is 14.4. The number of aryl methyl sites for hydroxylation is 1. The number of nitrogens with zero attached hydrogens (tertiary/aromatic N) is 3. The Hall–Kier alpha value is -3.47. The van der Waals surface area contributed by atoms with Crippen LogP contribution in [-0.2, 0) is 21.9 Å². The van der Waals surface area contributed by atoms with E-state index in [1.165, 1.54) is 17.3 Å². The minimum atomic E-state index is -0.638. The van der Waals surface area contributed by atoms with Crippen LogP contribution >= 0.6 is 39.3 Å². The fraction of sp³-hybridized carbons (Fsp3) is 0.281. The molecule has 0 saturated carbocycles. The monoisotopic (exact) mass is 682 g/mol. The van der Waals surface area contributed by atoms with Crippen molar-refractivity contribution in [1.82, 2.24) is 14.8 Å². The smallest absolute Gasteiger partial charge is 0.338 e. The molecule has 0 aliphatic carbocycles. The molecule has 11 heteroatoms. The number of anilines is 1. The molecule has 1 N–H and O–H groups in total. The molecule has 0 bridgehead atoms. The number of hydrogen-bond donors (Lipinski definition) is 1. The maximum atomic E-state index is 13.5. The predicted molar refractivity (Wildman–Crippen MR) is 173 cm³/mol. The number of carbonyl (C=O) groups excluding carboxylic acids is 1. The number of nitrogens with one attached hydrogen (secondary N) is 1. The van der Waals surface area contributed by atoms with Gasteiger partial charge in [0.25, 0.3) is 0 Å². The van der Waals surface area contributed by atoms with Crippen molar-refractivity contribution in [2.75, 3.05) is 12.4 Å². The number of halogens is 2. The highest BCUT2D eigenvalue weighted by molar-refractivity contribution is 9.10. The molecule has 2 heterocycles. The Balaban J connectivity index is 1.51. The maximum absolute atomic E-state index is 13.5. The Kier molecular flexibility index (Phi) is 9.68. The Morgan fingerprint density at radius 2 is 1.88 bits per heavy atom. The molecule has 224 valence electrons. The largest absolute Gasteiger partial charge is 0.493 e. The SMILES string of the molecule is COc1cc(C2C(C(=O)OC(C)C)=C(C)Nc3nc(SCc4ccccc4Cl)nn32)cc(Br)c1OCc1ccc(C)cc1. The topological polar surface area (TPSA) is 87.5 Å². The Morgan fingerprint density at radius 1 is 1.14 bits per heavy atom. The molecule has 0 fully saturated rings. The van der Waals surface area contributed by atoms with Crippen LogP contribution < -0.4 is 14.8 Å². The van der Waals surface area contributed by atoms with E-state index < -0.39 is 12.0 Å². The Bertz CT molecular complexity index is 1670. The summed E-state index contributed by atoms with van der Waals surface area (Å²) in [5.74, 6) is 1.74. The molecule has 1 aliphatic heterocycles. The van der Waals surface area contributed by atoms with Gasteiger partial charge in [0.15, 0.2) is 11.5 Å². The second-order valence-electron chi connectivity index (χ2n) is 10.4. The number of aromatic nitrogens is 3. The fourth-order valence-electron chi connectivity index (χ4n) is 4.68. The van der Waals surface area contributed by atoms with Crippen molar-refractivity contribution in [1.29, 1.82) is 0 Å². The number of fused-ring (bicyclic) bond motifs is 1. The summed E-state index contributed by atoms with van der Waals surface area (Å²) in [6.07, 6.45) is -0.300. The van der Waals surface area contributed by atoms with Crippen LogP contribution in [0.25, 0.3) is 0 Å². The van der Waals surface area contributed by atoms with E-state index in [-0.39, 0.29) is 6.10 Å². The number of thioether (sulfide) groups is 1. The van der Waals surface area contributed by atoms with Crippen molar-refractivity contribution in [3.05, 3.63) is 104 Å². The van der Waals surface area contributed by atoms with E-state index in [1.807, 2.05) is 88.4 Å². The van der Waals surface area contributed by atoms with Gasteiger partial charge in [0, 0.05) is 16.5 Å². The first-order chi connectivity index (χ1) is 20.6. The summed E-state index contributed by atoms with van der Waals surface area (Å²) in [6.45, 7) is 7.90. The van der Waals surface area contributed by atoms with E-state index in [0.29, 0.717) is 55.7 Å². The first-order valence-electron chi connectivity index (χ1n) is 13.7. The van der Waals surface area contributed by atoms with Crippen molar-refractivity contribution in [3.63, 3.8) is 0 Å². The molecule has 1 unspecified atom stereocenters. The number of ether oxygens (including phenoxy) is 3. The van der Waals surface area contributed by atoms with E-state index >= 15 is 0 Å². The van der Waals surface area contributed by atoms with Gasteiger partial charge in [0.1, 0.15) is 12.6 Å². The number of benzene rings is 3. The van der Waals surface area contributed by atoms with E-state index in [0.717, 1.165) is 16.7 Å². The highest BCUT2D eigenvalue weighted by Gasteiger charge is 2.36. The van der Waals surface area contributed by atoms with Gasteiger partial charge in [-0.15, -0.1) is 5.10 Å². The molecule has 0 amide bonds. The summed E-state index contributed by atoms with van der Waals surface area (Å²) in [5, 5.41) is 9.31. The average Bonchev–Trinajstić information content (AvgIpc) is 3.37. The van der Waals surface area contributed by atoms with Gasteiger partial charge in [-0.3, -0.25) is 0 Å². The summed E-state index contributed by atoms with van der Waals surface area (Å²) < 4.78 is 20.0. The maximum Gasteiger partial charge on any atom is 0.338 e. The summed E-state index contributed by atoms with van der Waals surface area (Å²) in [4.78, 5) is 18.2. The number of allylic oxidation sites excluding steroid dienone is 1. The lowest BCUT2D eigenvalue weighted by Crippen LogP contribution is -2.30. The van der Waals surface area contributed by atoms with Crippen molar-refractivity contribution in [2.45, 2.75) is 57.4 Å². The van der Waals surface area contributed by atoms with Crippen molar-refractivity contribution in [3.8, 4) is 11.5 Å². The molecule has 4 aromatic rings. The number of rotatable bonds is 10. The first-order valence-corrected chi connectivity index (χ1v) is 15.9. The van der Waals surface area contributed by atoms with Crippen molar-refractivity contribution < 1.29 is 19.0 Å². The van der Waals surface area contributed by atoms with Crippen LogP contribution in [0, 0.1) is 6.92 Å². The molecule has 0 spiro atoms.